The number of amides is 2. The number of nitrogens with zero attached hydrogens (tertiary/aromatic N) is 1. The largest absolute Gasteiger partial charge is 0.274 e. The highest BCUT2D eigenvalue weighted by Gasteiger charge is 2.34. The first-order chi connectivity index (χ1) is 7.75. The molecule has 0 fully saturated rings. The highest BCUT2D eigenvalue weighted by molar-refractivity contribution is 6.21. The van der Waals surface area contributed by atoms with Crippen molar-refractivity contribution in [1.82, 2.24) is 4.90 Å². The van der Waals surface area contributed by atoms with Crippen molar-refractivity contribution in [1.29, 1.82) is 0 Å². The number of unbranched alkanes of at least 4 members (excludes halogenated alkanes) is 1. The number of hydrogen-bond acceptors (Lipinski definition) is 2. The van der Waals surface area contributed by atoms with E-state index in [4.69, 9.17) is 0 Å². The summed E-state index contributed by atoms with van der Waals surface area (Å²) in [6, 6.07) is 6.75. The molecule has 2 amide bonds. The van der Waals surface area contributed by atoms with Crippen molar-refractivity contribution < 1.29 is 14.0 Å². The zero-order valence-corrected chi connectivity index (χ0v) is 8.78. The molecular formula is C12H12FNO2. The summed E-state index contributed by atoms with van der Waals surface area (Å²) in [5.74, 6) is -0.529. The minimum absolute atomic E-state index is 0.264. The molecule has 0 unspecified atom stereocenters. The Labute approximate surface area is 92.9 Å². The van der Waals surface area contributed by atoms with Gasteiger partial charge in [0, 0.05) is 6.54 Å². The van der Waals surface area contributed by atoms with Crippen molar-refractivity contribution >= 4 is 11.8 Å². The van der Waals surface area contributed by atoms with Gasteiger partial charge in [0.05, 0.1) is 17.8 Å². The molecule has 3 nitrogen and oxygen atoms in total. The minimum atomic E-state index is -0.414. The summed E-state index contributed by atoms with van der Waals surface area (Å²) in [5.41, 5.74) is 0.903. The molecule has 1 aromatic rings. The molecule has 16 heavy (non-hydrogen) atoms. The number of benzene rings is 1. The summed E-state index contributed by atoms with van der Waals surface area (Å²) in [4.78, 5) is 24.8. The maximum absolute atomic E-state index is 11.9. The molecule has 1 aromatic carbocycles. The summed E-state index contributed by atoms with van der Waals surface area (Å²) < 4.78 is 11.9. The maximum atomic E-state index is 11.9. The Hall–Kier alpha value is -1.71. The summed E-state index contributed by atoms with van der Waals surface area (Å²) >= 11 is 0. The predicted molar refractivity (Wildman–Crippen MR) is 57.0 cm³/mol. The van der Waals surface area contributed by atoms with Crippen LogP contribution in [0.4, 0.5) is 4.39 Å². The average molecular weight is 221 g/mol. The number of halogens is 1. The third kappa shape index (κ3) is 1.71. The average Bonchev–Trinajstić information content (AvgIpc) is 2.55. The van der Waals surface area contributed by atoms with E-state index in [0.717, 1.165) is 0 Å². The Balaban J connectivity index is 2.15. The van der Waals surface area contributed by atoms with E-state index in [2.05, 4.69) is 0 Å². The van der Waals surface area contributed by atoms with Crippen molar-refractivity contribution in [3.8, 4) is 0 Å². The molecule has 0 saturated carbocycles. The molecule has 0 bridgehead atoms. The number of rotatable bonds is 4. The van der Waals surface area contributed by atoms with Crippen LogP contribution in [0.25, 0.3) is 0 Å². The lowest BCUT2D eigenvalue weighted by atomic mass is 10.1. The smallest absolute Gasteiger partial charge is 0.261 e. The predicted octanol–water partition coefficient (Wildman–Crippen LogP) is 2.03. The van der Waals surface area contributed by atoms with Gasteiger partial charge in [-0.15, -0.1) is 0 Å². The monoisotopic (exact) mass is 221 g/mol. The lowest BCUT2D eigenvalue weighted by Crippen LogP contribution is -2.30. The van der Waals surface area contributed by atoms with E-state index in [1.165, 1.54) is 4.90 Å². The minimum Gasteiger partial charge on any atom is -0.274 e. The topological polar surface area (TPSA) is 37.4 Å². The van der Waals surface area contributed by atoms with Crippen molar-refractivity contribution in [2.75, 3.05) is 13.2 Å². The van der Waals surface area contributed by atoms with Crippen molar-refractivity contribution in [2.45, 2.75) is 12.8 Å². The standard InChI is InChI=1S/C12H12FNO2/c13-7-3-4-8-14-11(15)9-5-1-2-6-10(9)12(14)16/h1-2,5-6H,3-4,7-8H2. The zero-order chi connectivity index (χ0) is 11.5. The van der Waals surface area contributed by atoms with Crippen LogP contribution in [0, 0.1) is 0 Å². The Kier molecular flexibility index (Phi) is 2.99. The van der Waals surface area contributed by atoms with Gasteiger partial charge in [-0.05, 0) is 25.0 Å². The summed E-state index contributed by atoms with van der Waals surface area (Å²) in [7, 11) is 0. The summed E-state index contributed by atoms with van der Waals surface area (Å²) in [5, 5.41) is 0. The summed E-state index contributed by atoms with van der Waals surface area (Å²) in [6.45, 7) is -0.112. The van der Waals surface area contributed by atoms with Crippen molar-refractivity contribution in [2.24, 2.45) is 0 Å². The van der Waals surface area contributed by atoms with E-state index in [1.54, 1.807) is 24.3 Å². The third-order valence-corrected chi connectivity index (χ3v) is 2.64. The fourth-order valence-corrected chi connectivity index (χ4v) is 1.81. The van der Waals surface area contributed by atoms with Gasteiger partial charge in [-0.25, -0.2) is 0 Å². The quantitative estimate of drug-likeness (QED) is 0.576. The van der Waals surface area contributed by atoms with Gasteiger partial charge >= 0.3 is 0 Å². The normalized spacial score (nSPS) is 14.4. The zero-order valence-electron chi connectivity index (χ0n) is 8.78. The molecule has 0 radical (unpaired) electrons. The van der Waals surface area contributed by atoms with E-state index in [1.807, 2.05) is 0 Å². The number of fused-ring (bicyclic) bond motifs is 1. The van der Waals surface area contributed by atoms with E-state index in [9.17, 15) is 14.0 Å². The number of alkyl halides is 1. The Bertz CT molecular complexity index is 396. The molecule has 2 rings (SSSR count). The first-order valence-corrected chi connectivity index (χ1v) is 5.27. The third-order valence-electron chi connectivity index (χ3n) is 2.64. The van der Waals surface area contributed by atoms with Crippen LogP contribution in [0.15, 0.2) is 24.3 Å². The molecule has 0 atom stereocenters. The first-order valence-electron chi connectivity index (χ1n) is 5.27. The van der Waals surface area contributed by atoms with E-state index in [-0.39, 0.29) is 11.8 Å². The van der Waals surface area contributed by atoms with Crippen LogP contribution in [-0.2, 0) is 0 Å². The number of imide groups is 1. The first kappa shape index (κ1) is 10.8. The summed E-state index contributed by atoms with van der Waals surface area (Å²) in [6.07, 6.45) is 0.898. The molecule has 0 aliphatic carbocycles. The maximum Gasteiger partial charge on any atom is 0.261 e. The second kappa shape index (κ2) is 4.43. The Morgan fingerprint density at radius 1 is 1.00 bits per heavy atom. The van der Waals surface area contributed by atoms with Gasteiger partial charge in [-0.3, -0.25) is 18.9 Å². The molecule has 4 heteroatoms. The molecule has 84 valence electrons. The highest BCUT2D eigenvalue weighted by atomic mass is 19.1. The van der Waals surface area contributed by atoms with Crippen LogP contribution in [0.5, 0.6) is 0 Å². The Morgan fingerprint density at radius 3 is 2.06 bits per heavy atom. The molecule has 0 N–H and O–H groups in total. The lowest BCUT2D eigenvalue weighted by molar-refractivity contribution is 0.0651. The van der Waals surface area contributed by atoms with Crippen LogP contribution >= 0.6 is 0 Å². The number of carbonyl (C=O) groups is 2. The fraction of sp³-hybridized carbons (Fsp3) is 0.333. The van der Waals surface area contributed by atoms with Gasteiger partial charge in [-0.1, -0.05) is 12.1 Å². The van der Waals surface area contributed by atoms with E-state index in [0.29, 0.717) is 30.5 Å². The van der Waals surface area contributed by atoms with Crippen LogP contribution in [0.2, 0.25) is 0 Å². The van der Waals surface area contributed by atoms with Crippen molar-refractivity contribution in [3.05, 3.63) is 35.4 Å². The van der Waals surface area contributed by atoms with Crippen LogP contribution in [0.1, 0.15) is 33.6 Å². The molecule has 0 spiro atoms. The Morgan fingerprint density at radius 2 is 1.56 bits per heavy atom. The highest BCUT2D eigenvalue weighted by Crippen LogP contribution is 2.22. The van der Waals surface area contributed by atoms with Crippen LogP contribution in [-0.4, -0.2) is 29.9 Å². The van der Waals surface area contributed by atoms with Crippen molar-refractivity contribution in [3.63, 3.8) is 0 Å². The SMILES string of the molecule is O=C1c2ccccc2C(=O)N1CCCCF. The van der Waals surface area contributed by atoms with Gasteiger partial charge in [0.25, 0.3) is 11.8 Å². The molecule has 0 saturated heterocycles. The number of carbonyl (C=O) groups excluding carboxylic acids is 2. The molecule has 0 aromatic heterocycles. The second-order valence-corrected chi connectivity index (χ2v) is 3.70. The van der Waals surface area contributed by atoms with E-state index < -0.39 is 6.67 Å². The molecule has 1 heterocycles. The fourth-order valence-electron chi connectivity index (χ4n) is 1.81. The van der Waals surface area contributed by atoms with Gasteiger partial charge in [0.15, 0.2) is 0 Å². The lowest BCUT2D eigenvalue weighted by Gasteiger charge is -2.12. The molecule has 1 aliphatic heterocycles. The molecular weight excluding hydrogens is 209 g/mol. The van der Waals surface area contributed by atoms with Gasteiger partial charge in [0.1, 0.15) is 0 Å². The van der Waals surface area contributed by atoms with Gasteiger partial charge in [0.2, 0.25) is 0 Å². The van der Waals surface area contributed by atoms with Crippen LogP contribution < -0.4 is 0 Å². The van der Waals surface area contributed by atoms with Crippen LogP contribution in [0.3, 0.4) is 0 Å². The van der Waals surface area contributed by atoms with E-state index >= 15 is 0 Å². The second-order valence-electron chi connectivity index (χ2n) is 3.70. The molecule has 1 aliphatic rings. The number of hydrogen-bond donors (Lipinski definition) is 0. The van der Waals surface area contributed by atoms with Gasteiger partial charge in [-0.2, -0.15) is 0 Å². The van der Waals surface area contributed by atoms with Gasteiger partial charge < -0.3 is 0 Å².